The molecule has 0 radical (unpaired) electrons. The zero-order valence-corrected chi connectivity index (χ0v) is 13.4. The van der Waals surface area contributed by atoms with Gasteiger partial charge in [-0.1, -0.05) is 25.0 Å². The minimum Gasteiger partial charge on any atom is -0.495 e. The lowest BCUT2D eigenvalue weighted by atomic mass is 10.2. The second-order valence-electron chi connectivity index (χ2n) is 5.63. The van der Waals surface area contributed by atoms with Gasteiger partial charge in [0.1, 0.15) is 12.1 Å². The van der Waals surface area contributed by atoms with Gasteiger partial charge in [-0.2, -0.15) is 0 Å². The number of nitrogens with zero attached hydrogens (tertiary/aromatic N) is 3. The summed E-state index contributed by atoms with van der Waals surface area (Å²) in [4.78, 5) is 19.2. The van der Waals surface area contributed by atoms with Crippen LogP contribution < -0.4 is 15.4 Å². The summed E-state index contributed by atoms with van der Waals surface area (Å²) >= 11 is 0. The van der Waals surface area contributed by atoms with E-state index >= 15 is 0 Å². The van der Waals surface area contributed by atoms with Gasteiger partial charge in [-0.15, -0.1) is 0 Å². The smallest absolute Gasteiger partial charge is 0.353 e. The molecule has 2 N–H and O–H groups in total. The molecule has 1 aliphatic carbocycles. The predicted molar refractivity (Wildman–Crippen MR) is 90.8 cm³/mol. The molecule has 8 nitrogen and oxygen atoms in total. The van der Waals surface area contributed by atoms with Crippen LogP contribution in [0.2, 0.25) is 0 Å². The van der Waals surface area contributed by atoms with E-state index in [1.54, 1.807) is 19.2 Å². The summed E-state index contributed by atoms with van der Waals surface area (Å²) in [6.45, 7) is 0. The largest absolute Gasteiger partial charge is 0.495 e. The van der Waals surface area contributed by atoms with Gasteiger partial charge in [0.15, 0.2) is 0 Å². The van der Waals surface area contributed by atoms with E-state index in [9.17, 15) is 10.1 Å². The summed E-state index contributed by atoms with van der Waals surface area (Å²) < 4.78 is 5.26. The average molecular weight is 329 g/mol. The van der Waals surface area contributed by atoms with Crippen molar-refractivity contribution in [2.75, 3.05) is 17.7 Å². The molecular weight excluding hydrogens is 310 g/mol. The van der Waals surface area contributed by atoms with E-state index in [0.717, 1.165) is 25.7 Å². The van der Waals surface area contributed by atoms with Crippen LogP contribution in [-0.4, -0.2) is 28.0 Å². The number of benzene rings is 1. The fraction of sp³-hybridized carbons (Fsp3) is 0.375. The van der Waals surface area contributed by atoms with E-state index in [2.05, 4.69) is 20.6 Å². The van der Waals surface area contributed by atoms with Crippen molar-refractivity contribution in [2.24, 2.45) is 0 Å². The molecule has 0 atom stereocenters. The molecule has 1 aliphatic rings. The number of ether oxygens (including phenoxy) is 1. The van der Waals surface area contributed by atoms with Gasteiger partial charge in [0.05, 0.1) is 17.7 Å². The zero-order valence-electron chi connectivity index (χ0n) is 13.4. The van der Waals surface area contributed by atoms with Crippen LogP contribution >= 0.6 is 0 Å². The van der Waals surface area contributed by atoms with Gasteiger partial charge in [0.2, 0.25) is 11.6 Å². The Morgan fingerprint density at radius 2 is 1.92 bits per heavy atom. The molecule has 2 aromatic rings. The van der Waals surface area contributed by atoms with Crippen molar-refractivity contribution < 1.29 is 9.66 Å². The van der Waals surface area contributed by atoms with Gasteiger partial charge < -0.3 is 15.4 Å². The first-order valence-electron chi connectivity index (χ1n) is 7.85. The number of aromatic nitrogens is 2. The molecule has 1 aromatic heterocycles. The molecule has 1 saturated carbocycles. The molecule has 1 heterocycles. The fourth-order valence-electron chi connectivity index (χ4n) is 2.89. The Kier molecular flexibility index (Phi) is 4.74. The van der Waals surface area contributed by atoms with Crippen LogP contribution in [0.25, 0.3) is 0 Å². The molecule has 0 unspecified atom stereocenters. The van der Waals surface area contributed by atoms with Crippen LogP contribution in [0.5, 0.6) is 5.75 Å². The number of methoxy groups -OCH3 is 1. The Balaban J connectivity index is 1.93. The monoisotopic (exact) mass is 329 g/mol. The van der Waals surface area contributed by atoms with Crippen molar-refractivity contribution in [1.29, 1.82) is 0 Å². The number of hydrogen-bond donors (Lipinski definition) is 2. The second-order valence-corrected chi connectivity index (χ2v) is 5.63. The summed E-state index contributed by atoms with van der Waals surface area (Å²) in [5.41, 5.74) is 0.448. The third-order valence-electron chi connectivity index (χ3n) is 4.06. The third kappa shape index (κ3) is 3.37. The van der Waals surface area contributed by atoms with E-state index < -0.39 is 4.92 Å². The van der Waals surface area contributed by atoms with Crippen LogP contribution in [0, 0.1) is 10.1 Å². The van der Waals surface area contributed by atoms with Crippen molar-refractivity contribution in [2.45, 2.75) is 31.7 Å². The molecule has 24 heavy (non-hydrogen) atoms. The summed E-state index contributed by atoms with van der Waals surface area (Å²) in [6, 6.07) is 7.40. The Morgan fingerprint density at radius 1 is 1.21 bits per heavy atom. The molecule has 1 aromatic carbocycles. The first-order valence-corrected chi connectivity index (χ1v) is 7.85. The lowest BCUT2D eigenvalue weighted by molar-refractivity contribution is -0.383. The molecule has 0 amide bonds. The lowest BCUT2D eigenvalue weighted by Gasteiger charge is -2.15. The topological polar surface area (TPSA) is 102 Å². The van der Waals surface area contributed by atoms with E-state index in [-0.39, 0.29) is 23.4 Å². The standard InChI is InChI=1S/C16H19N5O3/c1-24-13-9-5-4-8-12(13)20-16-14(21(22)23)15(17-10-18-16)19-11-6-2-3-7-11/h4-5,8-11H,2-3,6-7H2,1H3,(H2,17,18,19,20). The maximum absolute atomic E-state index is 11.6. The molecule has 3 rings (SSSR count). The SMILES string of the molecule is COc1ccccc1Nc1ncnc(NC2CCCC2)c1[N+](=O)[O-]. The lowest BCUT2D eigenvalue weighted by Crippen LogP contribution is -2.17. The first kappa shape index (κ1) is 16.0. The highest BCUT2D eigenvalue weighted by atomic mass is 16.6. The molecule has 0 spiro atoms. The molecule has 1 fully saturated rings. The quantitative estimate of drug-likeness (QED) is 0.617. The minimum atomic E-state index is -0.463. The van der Waals surface area contributed by atoms with Crippen molar-refractivity contribution in [3.63, 3.8) is 0 Å². The number of rotatable bonds is 6. The van der Waals surface area contributed by atoms with Gasteiger partial charge in [-0.3, -0.25) is 10.1 Å². The zero-order chi connectivity index (χ0) is 16.9. The maximum Gasteiger partial charge on any atom is 0.353 e. The summed E-state index contributed by atoms with van der Waals surface area (Å²) in [5, 5.41) is 17.7. The van der Waals surface area contributed by atoms with Crippen LogP contribution in [-0.2, 0) is 0 Å². The summed E-state index contributed by atoms with van der Waals surface area (Å²) in [5.74, 6) is 0.968. The molecule has 0 aliphatic heterocycles. The predicted octanol–water partition coefficient (Wildman–Crippen LogP) is 3.49. The Labute approximate surface area is 139 Å². The Bertz CT molecular complexity index is 731. The number of nitrogens with one attached hydrogen (secondary N) is 2. The van der Waals surface area contributed by atoms with E-state index in [1.807, 2.05) is 12.1 Å². The Hall–Kier alpha value is -2.90. The summed E-state index contributed by atoms with van der Waals surface area (Å²) in [7, 11) is 1.54. The third-order valence-corrected chi connectivity index (χ3v) is 4.06. The molecule has 8 heteroatoms. The van der Waals surface area contributed by atoms with Crippen molar-refractivity contribution in [3.05, 3.63) is 40.7 Å². The van der Waals surface area contributed by atoms with Gasteiger partial charge in [0, 0.05) is 6.04 Å². The fourth-order valence-corrected chi connectivity index (χ4v) is 2.89. The average Bonchev–Trinajstić information content (AvgIpc) is 3.08. The van der Waals surface area contributed by atoms with Gasteiger partial charge in [-0.25, -0.2) is 9.97 Å². The molecule has 0 saturated heterocycles. The number of hydrogen-bond acceptors (Lipinski definition) is 7. The van der Waals surface area contributed by atoms with Crippen LogP contribution in [0.3, 0.4) is 0 Å². The molecule has 126 valence electrons. The first-order chi connectivity index (χ1) is 11.7. The minimum absolute atomic E-state index is 0.139. The van der Waals surface area contributed by atoms with Crippen LogP contribution in [0.15, 0.2) is 30.6 Å². The second kappa shape index (κ2) is 7.12. The molecular formula is C16H19N5O3. The number of nitro groups is 1. The van der Waals surface area contributed by atoms with E-state index in [1.165, 1.54) is 6.33 Å². The normalized spacial score (nSPS) is 14.4. The van der Waals surface area contributed by atoms with Gasteiger partial charge in [-0.05, 0) is 25.0 Å². The highest BCUT2D eigenvalue weighted by Crippen LogP contribution is 2.35. The highest BCUT2D eigenvalue weighted by molar-refractivity contribution is 5.75. The van der Waals surface area contributed by atoms with Crippen molar-refractivity contribution >= 4 is 23.0 Å². The molecule has 0 bridgehead atoms. The Morgan fingerprint density at radius 3 is 2.62 bits per heavy atom. The van der Waals surface area contributed by atoms with Crippen molar-refractivity contribution in [3.8, 4) is 5.75 Å². The van der Waals surface area contributed by atoms with Gasteiger partial charge >= 0.3 is 5.69 Å². The highest BCUT2D eigenvalue weighted by Gasteiger charge is 2.26. The van der Waals surface area contributed by atoms with Crippen LogP contribution in [0.4, 0.5) is 23.0 Å². The summed E-state index contributed by atoms with van der Waals surface area (Å²) in [6.07, 6.45) is 5.57. The maximum atomic E-state index is 11.6. The van der Waals surface area contributed by atoms with Crippen molar-refractivity contribution in [1.82, 2.24) is 9.97 Å². The van der Waals surface area contributed by atoms with Gasteiger partial charge in [0.25, 0.3) is 0 Å². The number of anilines is 3. The van der Waals surface area contributed by atoms with Crippen LogP contribution in [0.1, 0.15) is 25.7 Å². The van der Waals surface area contributed by atoms with E-state index in [0.29, 0.717) is 11.4 Å². The number of para-hydroxylation sites is 2. The van der Waals surface area contributed by atoms with E-state index in [4.69, 9.17) is 4.74 Å².